The van der Waals surface area contributed by atoms with E-state index in [0.717, 1.165) is 44.5 Å². The average molecular weight is 367 g/mol. The maximum absolute atomic E-state index is 12.8. The zero-order chi connectivity index (χ0) is 18.6. The molecule has 2 heterocycles. The maximum Gasteiger partial charge on any atom is 0.223 e. The third-order valence-electron chi connectivity index (χ3n) is 6.03. The molecule has 2 fully saturated rings. The van der Waals surface area contributed by atoms with Crippen LogP contribution in [0.1, 0.15) is 73.8 Å². The molecule has 5 heteroatoms. The van der Waals surface area contributed by atoms with Gasteiger partial charge in [0.1, 0.15) is 0 Å². The zero-order valence-corrected chi connectivity index (χ0v) is 16.2. The molecule has 2 aliphatic rings. The van der Waals surface area contributed by atoms with Crippen molar-refractivity contribution in [2.75, 3.05) is 6.54 Å². The van der Waals surface area contributed by atoms with Crippen molar-refractivity contribution in [3.05, 3.63) is 47.2 Å². The third-order valence-corrected chi connectivity index (χ3v) is 6.03. The van der Waals surface area contributed by atoms with Crippen LogP contribution in [0.15, 0.2) is 28.7 Å². The fourth-order valence-electron chi connectivity index (χ4n) is 4.44. The number of hydrogen-bond donors (Lipinski definition) is 0. The minimum Gasteiger partial charge on any atom is -0.425 e. The predicted molar refractivity (Wildman–Crippen MR) is 103 cm³/mol. The number of carbonyl (C=O) groups excluding carboxylic acids is 1. The van der Waals surface area contributed by atoms with Gasteiger partial charge in [-0.3, -0.25) is 4.79 Å². The summed E-state index contributed by atoms with van der Waals surface area (Å²) in [5.74, 6) is 2.03. The summed E-state index contributed by atoms with van der Waals surface area (Å²) < 4.78 is 5.82. The van der Waals surface area contributed by atoms with Gasteiger partial charge in [0.2, 0.25) is 17.7 Å². The molecule has 0 N–H and O–H groups in total. The van der Waals surface area contributed by atoms with E-state index < -0.39 is 0 Å². The summed E-state index contributed by atoms with van der Waals surface area (Å²) in [6.45, 7) is 2.97. The lowest BCUT2D eigenvalue weighted by atomic mass is 10.0. The molecular formula is C22H29N3O2. The molecule has 0 spiro atoms. The van der Waals surface area contributed by atoms with Crippen molar-refractivity contribution in [3.63, 3.8) is 0 Å². The van der Waals surface area contributed by atoms with Gasteiger partial charge in [-0.2, -0.15) is 0 Å². The molecule has 1 aliphatic heterocycles. The molecule has 1 aliphatic carbocycles. The quantitative estimate of drug-likeness (QED) is 0.768. The second-order valence-electron chi connectivity index (χ2n) is 8.09. The van der Waals surface area contributed by atoms with Crippen LogP contribution in [-0.4, -0.2) is 33.6 Å². The van der Waals surface area contributed by atoms with Crippen LogP contribution in [0.25, 0.3) is 0 Å². The number of aryl methyl sites for hydroxylation is 2. The van der Waals surface area contributed by atoms with Crippen molar-refractivity contribution in [1.29, 1.82) is 0 Å². The lowest BCUT2D eigenvalue weighted by Gasteiger charge is -2.25. The smallest absolute Gasteiger partial charge is 0.223 e. The molecule has 0 bridgehead atoms. The summed E-state index contributed by atoms with van der Waals surface area (Å²) in [6, 6.07) is 8.97. The number of nitrogens with zero attached hydrogens (tertiary/aromatic N) is 3. The van der Waals surface area contributed by atoms with E-state index in [1.54, 1.807) is 0 Å². The van der Waals surface area contributed by atoms with Gasteiger partial charge in [-0.25, -0.2) is 0 Å². The predicted octanol–water partition coefficient (Wildman–Crippen LogP) is 4.20. The van der Waals surface area contributed by atoms with Gasteiger partial charge in [-0.15, -0.1) is 10.2 Å². The topological polar surface area (TPSA) is 59.2 Å². The molecule has 1 aromatic carbocycles. The highest BCUT2D eigenvalue weighted by Crippen LogP contribution is 2.33. The Morgan fingerprint density at radius 3 is 2.67 bits per heavy atom. The second kappa shape index (κ2) is 8.24. The van der Waals surface area contributed by atoms with Crippen LogP contribution in [0, 0.1) is 6.92 Å². The van der Waals surface area contributed by atoms with Gasteiger partial charge >= 0.3 is 0 Å². The third kappa shape index (κ3) is 4.40. The Morgan fingerprint density at radius 2 is 1.89 bits per heavy atom. The highest BCUT2D eigenvalue weighted by atomic mass is 16.4. The molecule has 1 atom stereocenters. The van der Waals surface area contributed by atoms with Crippen LogP contribution in [-0.2, 0) is 17.6 Å². The lowest BCUT2D eigenvalue weighted by molar-refractivity contribution is -0.132. The average Bonchev–Trinajstić information content (AvgIpc) is 3.43. The molecular weight excluding hydrogens is 338 g/mol. The van der Waals surface area contributed by atoms with Crippen LogP contribution in [0.5, 0.6) is 0 Å². The molecule has 2 aromatic rings. The van der Waals surface area contributed by atoms with Crippen molar-refractivity contribution in [2.45, 2.75) is 76.7 Å². The van der Waals surface area contributed by atoms with Gasteiger partial charge in [-0.1, -0.05) is 42.7 Å². The number of carbonyl (C=O) groups is 1. The Labute approximate surface area is 161 Å². The summed E-state index contributed by atoms with van der Waals surface area (Å²) in [5.41, 5.74) is 2.58. The standard InChI is InChI=1S/C22H29N3O2/c1-16-8-10-17(11-9-16)15-19-7-4-14-25(19)21(26)13-12-20-23-24-22(27-20)18-5-2-3-6-18/h8-11,18-19H,2-7,12-15H2,1H3. The number of likely N-dealkylation sites (tertiary alicyclic amines) is 1. The van der Waals surface area contributed by atoms with E-state index in [1.807, 2.05) is 0 Å². The summed E-state index contributed by atoms with van der Waals surface area (Å²) in [4.78, 5) is 14.8. The zero-order valence-electron chi connectivity index (χ0n) is 16.2. The molecule has 144 valence electrons. The normalized spacial score (nSPS) is 20.5. The number of benzene rings is 1. The summed E-state index contributed by atoms with van der Waals surface area (Å²) >= 11 is 0. The molecule has 1 amide bonds. The fraction of sp³-hybridized carbons (Fsp3) is 0.591. The Morgan fingerprint density at radius 1 is 1.11 bits per heavy atom. The first kappa shape index (κ1) is 18.2. The van der Waals surface area contributed by atoms with E-state index in [9.17, 15) is 4.79 Å². The monoisotopic (exact) mass is 367 g/mol. The molecule has 1 aromatic heterocycles. The SMILES string of the molecule is Cc1ccc(CC2CCCN2C(=O)CCc2nnc(C3CCCC3)o2)cc1. The number of hydrogen-bond acceptors (Lipinski definition) is 4. The summed E-state index contributed by atoms with van der Waals surface area (Å²) in [6.07, 6.45) is 8.92. The van der Waals surface area contributed by atoms with Crippen molar-refractivity contribution in [2.24, 2.45) is 0 Å². The first-order chi connectivity index (χ1) is 13.2. The van der Waals surface area contributed by atoms with Crippen molar-refractivity contribution < 1.29 is 9.21 Å². The van der Waals surface area contributed by atoms with Gasteiger partial charge in [0.15, 0.2) is 0 Å². The van der Waals surface area contributed by atoms with E-state index in [2.05, 4.69) is 46.3 Å². The van der Waals surface area contributed by atoms with Crippen molar-refractivity contribution >= 4 is 5.91 Å². The van der Waals surface area contributed by atoms with Crippen LogP contribution in [0.4, 0.5) is 0 Å². The maximum atomic E-state index is 12.8. The van der Waals surface area contributed by atoms with Crippen molar-refractivity contribution in [1.82, 2.24) is 15.1 Å². The van der Waals surface area contributed by atoms with E-state index >= 15 is 0 Å². The fourth-order valence-corrected chi connectivity index (χ4v) is 4.44. The molecule has 4 rings (SSSR count). The van der Waals surface area contributed by atoms with Gasteiger partial charge in [0, 0.05) is 31.3 Å². The van der Waals surface area contributed by atoms with E-state index in [0.29, 0.717) is 30.7 Å². The van der Waals surface area contributed by atoms with Gasteiger partial charge in [-0.05, 0) is 44.6 Å². The molecule has 1 unspecified atom stereocenters. The Bertz CT molecular complexity index is 762. The Balaban J connectivity index is 1.31. The minimum absolute atomic E-state index is 0.213. The largest absolute Gasteiger partial charge is 0.425 e. The van der Waals surface area contributed by atoms with Gasteiger partial charge < -0.3 is 9.32 Å². The first-order valence-electron chi connectivity index (χ1n) is 10.4. The number of rotatable bonds is 6. The first-order valence-corrected chi connectivity index (χ1v) is 10.4. The van der Waals surface area contributed by atoms with E-state index in [1.165, 1.54) is 24.0 Å². The van der Waals surface area contributed by atoms with Crippen molar-refractivity contribution in [3.8, 4) is 0 Å². The van der Waals surface area contributed by atoms with Crippen LogP contribution in [0.3, 0.4) is 0 Å². The molecule has 0 radical (unpaired) electrons. The second-order valence-corrected chi connectivity index (χ2v) is 8.09. The highest BCUT2D eigenvalue weighted by molar-refractivity contribution is 5.77. The van der Waals surface area contributed by atoms with Crippen LogP contribution in [0.2, 0.25) is 0 Å². The Kier molecular flexibility index (Phi) is 5.55. The molecule has 5 nitrogen and oxygen atoms in total. The Hall–Kier alpha value is -2.17. The number of amides is 1. The van der Waals surface area contributed by atoms with Gasteiger partial charge in [0.25, 0.3) is 0 Å². The lowest BCUT2D eigenvalue weighted by Crippen LogP contribution is -2.36. The minimum atomic E-state index is 0.213. The van der Waals surface area contributed by atoms with Gasteiger partial charge in [0.05, 0.1) is 0 Å². The summed E-state index contributed by atoms with van der Waals surface area (Å²) in [5, 5.41) is 8.38. The van der Waals surface area contributed by atoms with E-state index in [4.69, 9.17) is 4.42 Å². The molecule has 1 saturated heterocycles. The molecule has 1 saturated carbocycles. The van der Waals surface area contributed by atoms with Crippen LogP contribution < -0.4 is 0 Å². The summed E-state index contributed by atoms with van der Waals surface area (Å²) in [7, 11) is 0. The van der Waals surface area contributed by atoms with E-state index in [-0.39, 0.29) is 5.91 Å². The highest BCUT2D eigenvalue weighted by Gasteiger charge is 2.29. The molecule has 27 heavy (non-hydrogen) atoms. The number of aromatic nitrogens is 2. The van der Waals surface area contributed by atoms with Crippen LogP contribution >= 0.6 is 0 Å².